The molecule has 2 nitrogen and oxygen atoms in total. The van der Waals surface area contributed by atoms with Crippen molar-refractivity contribution in [1.29, 1.82) is 0 Å². The van der Waals surface area contributed by atoms with E-state index < -0.39 is 18.4 Å². The van der Waals surface area contributed by atoms with Crippen molar-refractivity contribution in [3.8, 4) is 0 Å². The summed E-state index contributed by atoms with van der Waals surface area (Å²) in [6, 6.07) is 10.4. The minimum atomic E-state index is -2.29. The Hall–Kier alpha value is -0.481. The molecule has 0 saturated carbocycles. The second-order valence-electron chi connectivity index (χ2n) is 8.13. The molecule has 1 aromatic rings. The molecule has 0 N–H and O–H groups in total. The molecule has 0 amide bonds. The van der Waals surface area contributed by atoms with Crippen LogP contribution in [-0.2, 0) is 16.1 Å². The van der Waals surface area contributed by atoms with Crippen LogP contribution in [0.15, 0.2) is 40.2 Å². The van der Waals surface area contributed by atoms with Crippen LogP contribution in [-0.4, -0.2) is 24.7 Å². The summed E-state index contributed by atoms with van der Waals surface area (Å²) >= 11 is -2.29. The number of hydrogen-bond donors (Lipinski definition) is 0. The van der Waals surface area contributed by atoms with Crippen molar-refractivity contribution in [1.82, 2.24) is 0 Å². The fraction of sp³-hybridized carbons (Fsp3) is 0.667. The first-order valence-electron chi connectivity index (χ1n) is 11.2. The second kappa shape index (κ2) is 12.9. The summed E-state index contributed by atoms with van der Waals surface area (Å²) in [5.41, 5.74) is 1.22. The van der Waals surface area contributed by atoms with Gasteiger partial charge in [-0.2, -0.15) is 0 Å². The Morgan fingerprint density at radius 1 is 0.926 bits per heavy atom. The quantitative estimate of drug-likeness (QED) is 0.271. The maximum absolute atomic E-state index is 6.13. The summed E-state index contributed by atoms with van der Waals surface area (Å²) in [5, 5.41) is 0. The van der Waals surface area contributed by atoms with E-state index in [2.05, 4.69) is 51.3 Å². The van der Waals surface area contributed by atoms with E-state index in [1.165, 1.54) is 63.8 Å². The Balaban J connectivity index is 2.00. The van der Waals surface area contributed by atoms with E-state index in [0.29, 0.717) is 6.61 Å². The van der Waals surface area contributed by atoms with Crippen molar-refractivity contribution in [3.63, 3.8) is 0 Å². The van der Waals surface area contributed by atoms with E-state index in [4.69, 9.17) is 9.47 Å². The van der Waals surface area contributed by atoms with Crippen LogP contribution in [0.3, 0.4) is 0 Å². The Kier molecular flexibility index (Phi) is 10.9. The molecule has 0 aromatic heterocycles. The van der Waals surface area contributed by atoms with Crippen molar-refractivity contribution in [2.75, 3.05) is 0 Å². The van der Waals surface area contributed by atoms with Crippen molar-refractivity contribution in [2.24, 2.45) is 0 Å². The van der Waals surface area contributed by atoms with Crippen molar-refractivity contribution in [2.45, 2.75) is 98.3 Å². The number of rotatable bonds is 13. The molecule has 0 bridgehead atoms. The van der Waals surface area contributed by atoms with Crippen molar-refractivity contribution < 1.29 is 9.47 Å². The first-order valence-corrected chi connectivity index (χ1v) is 18.7. The first kappa shape index (κ1) is 22.8. The fourth-order valence-electron chi connectivity index (χ4n) is 4.24. The van der Waals surface area contributed by atoms with Crippen LogP contribution in [0.5, 0.6) is 0 Å². The van der Waals surface area contributed by atoms with E-state index in [0.717, 1.165) is 6.42 Å². The van der Waals surface area contributed by atoms with Crippen molar-refractivity contribution >= 4 is 18.4 Å². The third kappa shape index (κ3) is 7.45. The van der Waals surface area contributed by atoms with Crippen LogP contribution < -0.4 is 0 Å². The predicted molar refractivity (Wildman–Crippen MR) is 118 cm³/mol. The van der Waals surface area contributed by atoms with Gasteiger partial charge in [-0.25, -0.2) is 0 Å². The Bertz CT molecular complexity index is 519. The van der Waals surface area contributed by atoms with E-state index >= 15 is 0 Å². The average molecular weight is 479 g/mol. The summed E-state index contributed by atoms with van der Waals surface area (Å²) in [5.74, 6) is 0. The zero-order valence-electron chi connectivity index (χ0n) is 17.8. The number of unbranched alkanes of at least 4 members (excludes halogenated alkanes) is 3. The molecular formula is C24H40O2Sn. The molecule has 2 rings (SSSR count). The first-order chi connectivity index (χ1) is 13.2. The minimum absolute atomic E-state index is 0.0681. The van der Waals surface area contributed by atoms with Gasteiger partial charge < -0.3 is 0 Å². The van der Waals surface area contributed by atoms with Crippen LogP contribution in [0.2, 0.25) is 13.3 Å². The molecule has 1 aromatic carbocycles. The molecule has 152 valence electrons. The van der Waals surface area contributed by atoms with Gasteiger partial charge in [0.25, 0.3) is 0 Å². The molecule has 1 aliphatic heterocycles. The molecule has 1 atom stereocenters. The average Bonchev–Trinajstić information content (AvgIpc) is 2.73. The molecule has 0 aliphatic carbocycles. The molecule has 27 heavy (non-hydrogen) atoms. The molecule has 3 heteroatoms. The molecule has 0 fully saturated rings. The molecule has 0 radical (unpaired) electrons. The molecule has 0 spiro atoms. The van der Waals surface area contributed by atoms with Crippen LogP contribution in [0.1, 0.15) is 77.7 Å². The summed E-state index contributed by atoms with van der Waals surface area (Å²) < 4.78 is 18.5. The third-order valence-corrected chi connectivity index (χ3v) is 22.2. The van der Waals surface area contributed by atoms with Gasteiger partial charge in [0.1, 0.15) is 0 Å². The SMILES string of the molecule is CCC[CH2][Sn]([CH2]CCC)([CH2]CCC)[C]1=COC(OCc2ccccc2)CC1. The predicted octanol–water partition coefficient (Wildman–Crippen LogP) is 7.61. The van der Waals surface area contributed by atoms with Crippen LogP contribution in [0, 0.1) is 0 Å². The van der Waals surface area contributed by atoms with E-state index in [1.807, 2.05) is 6.07 Å². The normalized spacial score (nSPS) is 17.4. The fourth-order valence-corrected chi connectivity index (χ4v) is 20.8. The van der Waals surface area contributed by atoms with Gasteiger partial charge in [0.15, 0.2) is 0 Å². The maximum atomic E-state index is 6.13. The summed E-state index contributed by atoms with van der Waals surface area (Å²) in [6.07, 6.45) is 12.6. The molecule has 0 saturated heterocycles. The second-order valence-corrected chi connectivity index (χ2v) is 21.6. The number of allylic oxidation sites excluding steroid dienone is 1. The van der Waals surface area contributed by atoms with E-state index in [-0.39, 0.29) is 6.29 Å². The van der Waals surface area contributed by atoms with Gasteiger partial charge in [0, 0.05) is 0 Å². The van der Waals surface area contributed by atoms with E-state index in [9.17, 15) is 0 Å². The topological polar surface area (TPSA) is 18.5 Å². The van der Waals surface area contributed by atoms with Gasteiger partial charge in [-0.1, -0.05) is 0 Å². The molecule has 1 unspecified atom stereocenters. The van der Waals surface area contributed by atoms with Gasteiger partial charge >= 0.3 is 172 Å². The van der Waals surface area contributed by atoms with Crippen LogP contribution in [0.4, 0.5) is 0 Å². The van der Waals surface area contributed by atoms with Gasteiger partial charge in [-0.3, -0.25) is 0 Å². The van der Waals surface area contributed by atoms with Gasteiger partial charge in [-0.05, 0) is 0 Å². The van der Waals surface area contributed by atoms with Gasteiger partial charge in [0.2, 0.25) is 0 Å². The van der Waals surface area contributed by atoms with E-state index in [1.54, 1.807) is 3.59 Å². The summed E-state index contributed by atoms with van der Waals surface area (Å²) in [4.78, 5) is 0. The van der Waals surface area contributed by atoms with Gasteiger partial charge in [-0.15, -0.1) is 0 Å². The Morgan fingerprint density at radius 3 is 2.00 bits per heavy atom. The molecule has 1 aliphatic rings. The third-order valence-electron chi connectivity index (χ3n) is 6.00. The van der Waals surface area contributed by atoms with Gasteiger partial charge in [0.05, 0.1) is 0 Å². The summed E-state index contributed by atoms with van der Waals surface area (Å²) in [7, 11) is 0. The van der Waals surface area contributed by atoms with Crippen molar-refractivity contribution in [3.05, 3.63) is 45.7 Å². The molecular weight excluding hydrogens is 439 g/mol. The Morgan fingerprint density at radius 2 is 1.52 bits per heavy atom. The molecule has 1 heterocycles. The zero-order chi connectivity index (χ0) is 19.4. The zero-order valence-corrected chi connectivity index (χ0v) is 20.7. The monoisotopic (exact) mass is 480 g/mol. The van der Waals surface area contributed by atoms with Crippen LogP contribution >= 0.6 is 0 Å². The Labute approximate surface area is 171 Å². The summed E-state index contributed by atoms with van der Waals surface area (Å²) in [6.45, 7) is 7.67. The number of ether oxygens (including phenoxy) is 2. The number of hydrogen-bond acceptors (Lipinski definition) is 2. The standard InChI is InChI=1S/C12H13O2.3C4H9.Sn/c1-2-6-11(7-3-1)10-14-12-8-4-5-9-13-12;3*1-3-4-2;/h1-3,6-7,9,12H,4,8,10H2;3*1,3-4H2,2H3;. The number of benzene rings is 1. The van der Waals surface area contributed by atoms with Crippen LogP contribution in [0.25, 0.3) is 0 Å².